The predicted molar refractivity (Wildman–Crippen MR) is 89.7 cm³/mol. The molecule has 1 N–H and O–H groups in total. The fourth-order valence-corrected chi connectivity index (χ4v) is 4.13. The minimum absolute atomic E-state index is 0.381. The van der Waals surface area contributed by atoms with Crippen molar-refractivity contribution in [2.24, 2.45) is 0 Å². The van der Waals surface area contributed by atoms with Gasteiger partial charge in [0.05, 0.1) is 0 Å². The van der Waals surface area contributed by atoms with Crippen molar-refractivity contribution < 1.29 is 0 Å². The number of nitrogens with zero attached hydrogens (tertiary/aromatic N) is 1. The zero-order valence-corrected chi connectivity index (χ0v) is 13.3. The summed E-state index contributed by atoms with van der Waals surface area (Å²) in [5.74, 6) is 0. The van der Waals surface area contributed by atoms with E-state index in [9.17, 15) is 0 Å². The molecule has 2 heteroatoms. The Morgan fingerprint density at radius 2 is 1.48 bits per heavy atom. The van der Waals surface area contributed by atoms with Crippen LogP contribution in [0.5, 0.6) is 0 Å². The third kappa shape index (κ3) is 3.87. The molecule has 2 saturated heterocycles. The molecule has 1 aromatic rings. The van der Waals surface area contributed by atoms with Gasteiger partial charge < -0.3 is 10.2 Å². The van der Waals surface area contributed by atoms with Gasteiger partial charge in [-0.2, -0.15) is 0 Å². The fraction of sp³-hybridized carbons (Fsp3) is 0.684. The van der Waals surface area contributed by atoms with Crippen molar-refractivity contribution in [3.05, 3.63) is 35.9 Å². The van der Waals surface area contributed by atoms with E-state index in [4.69, 9.17) is 0 Å². The number of piperidine rings is 1. The van der Waals surface area contributed by atoms with E-state index in [-0.39, 0.29) is 0 Å². The molecule has 0 bridgehead atoms. The SMILES string of the molecule is c1ccc(C2(CN3CCCCCCC3)CCNCC2)cc1. The van der Waals surface area contributed by atoms with Crippen molar-refractivity contribution in [1.29, 1.82) is 0 Å². The predicted octanol–water partition coefficient (Wildman–Crippen LogP) is 3.57. The average molecular weight is 286 g/mol. The van der Waals surface area contributed by atoms with Crippen molar-refractivity contribution in [2.45, 2.75) is 50.4 Å². The molecule has 0 spiro atoms. The van der Waals surface area contributed by atoms with Crippen molar-refractivity contribution in [3.63, 3.8) is 0 Å². The second-order valence-electron chi connectivity index (χ2n) is 6.94. The van der Waals surface area contributed by atoms with Crippen LogP contribution in [0.1, 0.15) is 50.5 Å². The van der Waals surface area contributed by atoms with Gasteiger partial charge in [-0.05, 0) is 57.4 Å². The van der Waals surface area contributed by atoms with Crippen LogP contribution in [0.3, 0.4) is 0 Å². The normalized spacial score (nSPS) is 24.2. The van der Waals surface area contributed by atoms with Crippen molar-refractivity contribution in [2.75, 3.05) is 32.7 Å². The van der Waals surface area contributed by atoms with E-state index in [2.05, 4.69) is 40.5 Å². The second-order valence-corrected chi connectivity index (χ2v) is 6.94. The van der Waals surface area contributed by atoms with Crippen molar-refractivity contribution in [1.82, 2.24) is 10.2 Å². The average Bonchev–Trinajstić information content (AvgIpc) is 2.52. The number of benzene rings is 1. The first-order valence-electron chi connectivity index (χ1n) is 8.88. The van der Waals surface area contributed by atoms with Crippen molar-refractivity contribution >= 4 is 0 Å². The largest absolute Gasteiger partial charge is 0.317 e. The molecule has 0 radical (unpaired) electrons. The monoisotopic (exact) mass is 286 g/mol. The molecule has 0 atom stereocenters. The van der Waals surface area contributed by atoms with Gasteiger partial charge >= 0.3 is 0 Å². The minimum Gasteiger partial charge on any atom is -0.317 e. The Morgan fingerprint density at radius 3 is 2.14 bits per heavy atom. The van der Waals surface area contributed by atoms with Gasteiger partial charge in [-0.25, -0.2) is 0 Å². The lowest BCUT2D eigenvalue weighted by atomic mass is 9.72. The number of hydrogen-bond donors (Lipinski definition) is 1. The maximum atomic E-state index is 3.55. The number of hydrogen-bond acceptors (Lipinski definition) is 2. The van der Waals surface area contributed by atoms with E-state index < -0.39 is 0 Å². The topological polar surface area (TPSA) is 15.3 Å². The molecule has 2 aliphatic rings. The van der Waals surface area contributed by atoms with Crippen LogP contribution in [0.2, 0.25) is 0 Å². The van der Waals surface area contributed by atoms with Gasteiger partial charge in [0.1, 0.15) is 0 Å². The van der Waals surface area contributed by atoms with E-state index in [0.29, 0.717) is 5.41 Å². The molecule has 116 valence electrons. The summed E-state index contributed by atoms with van der Waals surface area (Å²) in [6, 6.07) is 11.3. The molecule has 2 aliphatic heterocycles. The first-order chi connectivity index (χ1) is 10.4. The van der Waals surface area contributed by atoms with Crippen LogP contribution in [-0.4, -0.2) is 37.6 Å². The van der Waals surface area contributed by atoms with Gasteiger partial charge in [0.25, 0.3) is 0 Å². The highest BCUT2D eigenvalue weighted by molar-refractivity contribution is 5.27. The Hall–Kier alpha value is -0.860. The van der Waals surface area contributed by atoms with Crippen molar-refractivity contribution in [3.8, 4) is 0 Å². The Labute approximate surface area is 129 Å². The van der Waals surface area contributed by atoms with Gasteiger partial charge in [-0.3, -0.25) is 0 Å². The summed E-state index contributed by atoms with van der Waals surface area (Å²) in [7, 11) is 0. The van der Waals surface area contributed by atoms with Crippen LogP contribution in [0.4, 0.5) is 0 Å². The maximum absolute atomic E-state index is 3.55. The molecule has 2 fully saturated rings. The summed E-state index contributed by atoms with van der Waals surface area (Å²) in [4.78, 5) is 2.76. The van der Waals surface area contributed by atoms with Crippen LogP contribution in [0.15, 0.2) is 30.3 Å². The van der Waals surface area contributed by atoms with Gasteiger partial charge in [-0.1, -0.05) is 49.6 Å². The molecular weight excluding hydrogens is 256 g/mol. The second kappa shape index (κ2) is 7.42. The van der Waals surface area contributed by atoms with E-state index in [1.807, 2.05) is 0 Å². The molecule has 1 aromatic carbocycles. The number of rotatable bonds is 3. The summed E-state index contributed by atoms with van der Waals surface area (Å²) >= 11 is 0. The summed E-state index contributed by atoms with van der Waals surface area (Å²) < 4.78 is 0. The molecule has 0 amide bonds. The molecule has 2 nitrogen and oxygen atoms in total. The molecule has 3 rings (SSSR count). The first-order valence-corrected chi connectivity index (χ1v) is 8.88. The van der Waals surface area contributed by atoms with E-state index in [0.717, 1.165) is 0 Å². The molecular formula is C19H30N2. The molecule has 0 aliphatic carbocycles. The lowest BCUT2D eigenvalue weighted by Crippen LogP contribution is -2.48. The summed E-state index contributed by atoms with van der Waals surface area (Å²) in [5.41, 5.74) is 1.94. The highest BCUT2D eigenvalue weighted by Gasteiger charge is 2.35. The van der Waals surface area contributed by atoms with Crippen LogP contribution >= 0.6 is 0 Å². The third-order valence-corrected chi connectivity index (χ3v) is 5.42. The molecule has 21 heavy (non-hydrogen) atoms. The van der Waals surface area contributed by atoms with Crippen LogP contribution in [0.25, 0.3) is 0 Å². The lowest BCUT2D eigenvalue weighted by molar-refractivity contribution is 0.163. The highest BCUT2D eigenvalue weighted by Crippen LogP contribution is 2.34. The summed E-state index contributed by atoms with van der Waals surface area (Å²) in [6.45, 7) is 6.22. The van der Waals surface area contributed by atoms with E-state index in [1.54, 1.807) is 5.56 Å². The van der Waals surface area contributed by atoms with Crippen LogP contribution < -0.4 is 5.32 Å². The third-order valence-electron chi connectivity index (χ3n) is 5.42. The smallest absolute Gasteiger partial charge is 0.0104 e. The van der Waals surface area contributed by atoms with Crippen LogP contribution in [-0.2, 0) is 5.41 Å². The van der Waals surface area contributed by atoms with Gasteiger partial charge in [0.2, 0.25) is 0 Å². The standard InChI is InChI=1S/C19H30N2/c1-2-7-15-21(16-8-3-1)17-19(11-13-20-14-12-19)18-9-5-4-6-10-18/h4-6,9-10,20H,1-3,7-8,11-17H2. The molecule has 2 heterocycles. The number of nitrogens with one attached hydrogen (secondary N) is 1. The Kier molecular flexibility index (Phi) is 5.32. The Balaban J connectivity index is 1.75. The first kappa shape index (κ1) is 15.1. The van der Waals surface area contributed by atoms with Gasteiger partial charge in [0, 0.05) is 12.0 Å². The van der Waals surface area contributed by atoms with E-state index >= 15 is 0 Å². The van der Waals surface area contributed by atoms with Gasteiger partial charge in [-0.15, -0.1) is 0 Å². The summed E-state index contributed by atoms with van der Waals surface area (Å²) in [5, 5.41) is 3.55. The Bertz CT molecular complexity index is 401. The van der Waals surface area contributed by atoms with Crippen LogP contribution in [0, 0.1) is 0 Å². The number of likely N-dealkylation sites (tertiary alicyclic amines) is 1. The minimum atomic E-state index is 0.381. The maximum Gasteiger partial charge on any atom is 0.0104 e. The zero-order valence-electron chi connectivity index (χ0n) is 13.3. The molecule has 0 aromatic heterocycles. The Morgan fingerprint density at radius 1 is 0.857 bits per heavy atom. The van der Waals surface area contributed by atoms with E-state index in [1.165, 1.54) is 77.7 Å². The summed E-state index contributed by atoms with van der Waals surface area (Å²) in [6.07, 6.45) is 9.65. The lowest BCUT2D eigenvalue weighted by Gasteiger charge is -2.42. The quantitative estimate of drug-likeness (QED) is 0.914. The molecule has 0 saturated carbocycles. The zero-order chi connectivity index (χ0) is 14.4. The van der Waals surface area contributed by atoms with Gasteiger partial charge in [0.15, 0.2) is 0 Å². The fourth-order valence-electron chi connectivity index (χ4n) is 4.13. The molecule has 0 unspecified atom stereocenters. The highest BCUT2D eigenvalue weighted by atomic mass is 15.1.